The molecule has 3 rings (SSSR count). The average molecular weight is 426 g/mol. The Balaban J connectivity index is 1.44. The van der Waals surface area contributed by atoms with Crippen LogP contribution in [-0.2, 0) is 18.0 Å². The van der Waals surface area contributed by atoms with Crippen LogP contribution in [0.1, 0.15) is 16.7 Å². The fraction of sp³-hybridized carbons (Fsp3) is 0.217. The van der Waals surface area contributed by atoms with Crippen molar-refractivity contribution in [3.63, 3.8) is 0 Å². The van der Waals surface area contributed by atoms with E-state index in [1.165, 1.54) is 0 Å². The molecule has 0 spiro atoms. The second-order valence-electron chi connectivity index (χ2n) is 6.59. The second-order valence-corrected chi connectivity index (χ2v) is 7.00. The van der Waals surface area contributed by atoms with Crippen molar-refractivity contribution < 1.29 is 14.7 Å². The molecule has 0 aliphatic carbocycles. The number of oxime groups is 1. The van der Waals surface area contributed by atoms with Gasteiger partial charge in [-0.1, -0.05) is 53.2 Å². The number of benzene rings is 2. The first kappa shape index (κ1) is 21.8. The molecule has 6 nitrogen and oxygen atoms in total. The zero-order valence-electron chi connectivity index (χ0n) is 16.4. The number of ether oxygens (including phenoxy) is 1. The molecule has 156 valence electrons. The van der Waals surface area contributed by atoms with Crippen molar-refractivity contribution in [3.8, 4) is 5.75 Å². The van der Waals surface area contributed by atoms with E-state index in [2.05, 4.69) is 15.5 Å². The highest BCUT2D eigenvalue weighted by Gasteiger charge is 2.07. The van der Waals surface area contributed by atoms with Gasteiger partial charge >= 0.3 is 0 Å². The maximum absolute atomic E-state index is 10.2. The van der Waals surface area contributed by atoms with Crippen LogP contribution in [0.2, 0.25) is 5.02 Å². The van der Waals surface area contributed by atoms with E-state index in [1.54, 1.807) is 18.6 Å². The zero-order chi connectivity index (χ0) is 21.0. The summed E-state index contributed by atoms with van der Waals surface area (Å²) in [5.41, 5.74) is 2.68. The number of aromatic nitrogens is 1. The lowest BCUT2D eigenvalue weighted by Crippen LogP contribution is -2.31. The maximum Gasteiger partial charge on any atom is 0.143 e. The van der Waals surface area contributed by atoms with Crippen molar-refractivity contribution in [2.45, 2.75) is 19.3 Å². The SMILES string of the molecule is OC(CNCc1cccnc1)COc1ccccc1/C=N/OCc1ccccc1Cl. The third-order valence-electron chi connectivity index (χ3n) is 4.23. The molecule has 2 N–H and O–H groups in total. The van der Waals surface area contributed by atoms with Crippen LogP contribution in [0.4, 0.5) is 0 Å². The van der Waals surface area contributed by atoms with Crippen LogP contribution in [-0.4, -0.2) is 35.6 Å². The van der Waals surface area contributed by atoms with Crippen LogP contribution in [0.3, 0.4) is 0 Å². The minimum atomic E-state index is -0.650. The van der Waals surface area contributed by atoms with Gasteiger partial charge in [-0.25, -0.2) is 0 Å². The van der Waals surface area contributed by atoms with Crippen LogP contribution in [0, 0.1) is 0 Å². The van der Waals surface area contributed by atoms with E-state index in [0.29, 0.717) is 23.9 Å². The van der Waals surface area contributed by atoms with Gasteiger partial charge < -0.3 is 20.0 Å². The Kier molecular flexibility index (Phi) is 8.65. The monoisotopic (exact) mass is 425 g/mol. The predicted molar refractivity (Wildman–Crippen MR) is 118 cm³/mol. The Labute approximate surface area is 181 Å². The number of aliphatic hydroxyl groups excluding tert-OH is 1. The van der Waals surface area contributed by atoms with E-state index < -0.39 is 6.10 Å². The predicted octanol–water partition coefficient (Wildman–Crippen LogP) is 3.82. The van der Waals surface area contributed by atoms with Crippen LogP contribution in [0.5, 0.6) is 5.75 Å². The normalized spacial score (nSPS) is 12.1. The number of hydrogen-bond acceptors (Lipinski definition) is 6. The highest BCUT2D eigenvalue weighted by atomic mass is 35.5. The summed E-state index contributed by atoms with van der Waals surface area (Å²) in [4.78, 5) is 9.41. The maximum atomic E-state index is 10.2. The van der Waals surface area contributed by atoms with Crippen molar-refractivity contribution in [2.24, 2.45) is 5.16 Å². The van der Waals surface area contributed by atoms with Crippen molar-refractivity contribution in [3.05, 3.63) is 94.8 Å². The molecule has 0 fully saturated rings. The lowest BCUT2D eigenvalue weighted by atomic mass is 10.2. The van der Waals surface area contributed by atoms with Gasteiger partial charge in [0.25, 0.3) is 0 Å². The Hall–Kier alpha value is -2.93. The third-order valence-corrected chi connectivity index (χ3v) is 4.60. The number of aliphatic hydroxyl groups is 1. The number of pyridine rings is 1. The standard InChI is InChI=1S/C23H24ClN3O3/c24-22-9-3-1-8-20(22)16-30-27-14-19-7-2-4-10-23(19)29-17-21(28)15-26-13-18-6-5-11-25-12-18/h1-12,14,21,26,28H,13,15-17H2/b27-14+. The van der Waals surface area contributed by atoms with Gasteiger partial charge in [0.15, 0.2) is 0 Å². The first-order valence-electron chi connectivity index (χ1n) is 9.60. The fourth-order valence-corrected chi connectivity index (χ4v) is 2.86. The van der Waals surface area contributed by atoms with Crippen LogP contribution >= 0.6 is 11.6 Å². The highest BCUT2D eigenvalue weighted by molar-refractivity contribution is 6.31. The average Bonchev–Trinajstić information content (AvgIpc) is 2.78. The van der Waals surface area contributed by atoms with Crippen molar-refractivity contribution >= 4 is 17.8 Å². The van der Waals surface area contributed by atoms with E-state index in [9.17, 15) is 5.11 Å². The largest absolute Gasteiger partial charge is 0.490 e. The smallest absolute Gasteiger partial charge is 0.143 e. The minimum Gasteiger partial charge on any atom is -0.490 e. The minimum absolute atomic E-state index is 0.158. The third kappa shape index (κ3) is 7.15. The molecule has 30 heavy (non-hydrogen) atoms. The molecule has 0 radical (unpaired) electrons. The summed E-state index contributed by atoms with van der Waals surface area (Å²) < 4.78 is 5.77. The number of halogens is 1. The molecule has 0 aliphatic rings. The van der Waals surface area contributed by atoms with Crippen LogP contribution < -0.4 is 10.1 Å². The van der Waals surface area contributed by atoms with Crippen molar-refractivity contribution in [2.75, 3.05) is 13.2 Å². The lowest BCUT2D eigenvalue weighted by molar-refractivity contribution is 0.106. The van der Waals surface area contributed by atoms with Gasteiger partial charge in [0.1, 0.15) is 25.1 Å². The summed E-state index contributed by atoms with van der Waals surface area (Å²) in [6.45, 7) is 1.48. The van der Waals surface area contributed by atoms with E-state index in [-0.39, 0.29) is 13.2 Å². The van der Waals surface area contributed by atoms with E-state index >= 15 is 0 Å². The summed E-state index contributed by atoms with van der Waals surface area (Å²) in [6.07, 6.45) is 4.45. The molecule has 3 aromatic rings. The number of rotatable bonds is 11. The van der Waals surface area contributed by atoms with Crippen molar-refractivity contribution in [1.29, 1.82) is 0 Å². The number of nitrogens with zero attached hydrogens (tertiary/aromatic N) is 2. The van der Waals surface area contributed by atoms with Gasteiger partial charge in [-0.2, -0.15) is 0 Å². The Morgan fingerprint density at radius 1 is 1.10 bits per heavy atom. The molecule has 0 bridgehead atoms. The van der Waals surface area contributed by atoms with Gasteiger partial charge in [0, 0.05) is 41.6 Å². The number of para-hydroxylation sites is 1. The quantitative estimate of drug-likeness (QED) is 0.361. The van der Waals surface area contributed by atoms with Crippen LogP contribution in [0.15, 0.2) is 78.2 Å². The molecular formula is C23H24ClN3O3. The Morgan fingerprint density at radius 2 is 1.93 bits per heavy atom. The summed E-state index contributed by atoms with van der Waals surface area (Å²) >= 11 is 6.10. The van der Waals surface area contributed by atoms with Gasteiger partial charge in [-0.3, -0.25) is 4.98 Å². The number of hydrogen-bond donors (Lipinski definition) is 2. The molecule has 0 amide bonds. The first-order chi connectivity index (χ1) is 14.7. The molecule has 0 aliphatic heterocycles. The zero-order valence-corrected chi connectivity index (χ0v) is 17.2. The highest BCUT2D eigenvalue weighted by Crippen LogP contribution is 2.18. The van der Waals surface area contributed by atoms with Gasteiger partial charge in [-0.15, -0.1) is 0 Å². The number of nitrogens with one attached hydrogen (secondary N) is 1. The molecule has 0 saturated heterocycles. The summed E-state index contributed by atoms with van der Waals surface area (Å²) in [7, 11) is 0. The molecule has 0 saturated carbocycles. The molecule has 1 atom stereocenters. The van der Waals surface area contributed by atoms with E-state index in [1.807, 2.05) is 60.7 Å². The first-order valence-corrected chi connectivity index (χ1v) is 9.98. The molecule has 2 aromatic carbocycles. The van der Waals surface area contributed by atoms with Gasteiger partial charge in [-0.05, 0) is 29.8 Å². The molecule has 1 aromatic heterocycles. The molecule has 1 heterocycles. The van der Waals surface area contributed by atoms with Crippen molar-refractivity contribution in [1.82, 2.24) is 10.3 Å². The summed E-state index contributed by atoms with van der Waals surface area (Å²) in [6, 6.07) is 18.8. The summed E-state index contributed by atoms with van der Waals surface area (Å²) in [5.74, 6) is 0.619. The second kappa shape index (κ2) is 11.9. The van der Waals surface area contributed by atoms with E-state index in [4.69, 9.17) is 21.2 Å². The molecule has 1 unspecified atom stereocenters. The van der Waals surface area contributed by atoms with Gasteiger partial charge in [0.05, 0.1) is 6.21 Å². The Morgan fingerprint density at radius 3 is 2.77 bits per heavy atom. The Bertz CT molecular complexity index is 938. The lowest BCUT2D eigenvalue weighted by Gasteiger charge is -2.14. The molecule has 7 heteroatoms. The van der Waals surface area contributed by atoms with Crippen LogP contribution in [0.25, 0.3) is 0 Å². The molecular weight excluding hydrogens is 402 g/mol. The van der Waals surface area contributed by atoms with Gasteiger partial charge in [0.2, 0.25) is 0 Å². The summed E-state index contributed by atoms with van der Waals surface area (Å²) in [5, 5.41) is 18.0. The fourth-order valence-electron chi connectivity index (χ4n) is 2.67. The topological polar surface area (TPSA) is 76.0 Å². The van der Waals surface area contributed by atoms with E-state index in [0.717, 1.165) is 16.7 Å².